The summed E-state index contributed by atoms with van der Waals surface area (Å²) in [6, 6.07) is 21.6. The zero-order valence-corrected chi connectivity index (χ0v) is 19.2. The topological polar surface area (TPSA) is 45.2 Å². The Balaban J connectivity index is 1.15. The Labute approximate surface area is 195 Å². The number of pyridine rings is 1. The second-order valence-corrected chi connectivity index (χ2v) is 9.26. The predicted octanol–water partition coefficient (Wildman–Crippen LogP) is 5.21. The number of piperazine rings is 1. The van der Waals surface area contributed by atoms with Crippen molar-refractivity contribution in [1.82, 2.24) is 15.2 Å². The summed E-state index contributed by atoms with van der Waals surface area (Å²) in [4.78, 5) is 9.62. The first-order valence-corrected chi connectivity index (χ1v) is 12.1. The minimum atomic E-state index is 0.917. The number of benzene rings is 2. The summed E-state index contributed by atoms with van der Waals surface area (Å²) in [7, 11) is 0. The fourth-order valence-electron chi connectivity index (χ4n) is 5.20. The molecule has 0 spiro atoms. The summed E-state index contributed by atoms with van der Waals surface area (Å²) in [5, 5.41) is 10.4. The maximum atomic E-state index is 4.91. The molecule has 0 atom stereocenters. The third kappa shape index (κ3) is 3.92. The highest BCUT2D eigenvalue weighted by Gasteiger charge is 2.20. The van der Waals surface area contributed by atoms with E-state index in [4.69, 9.17) is 4.98 Å². The van der Waals surface area contributed by atoms with Crippen LogP contribution in [0.5, 0.6) is 0 Å². The Hall–Kier alpha value is -3.47. The van der Waals surface area contributed by atoms with Crippen LogP contribution in [0, 0.1) is 6.92 Å². The van der Waals surface area contributed by atoms with Gasteiger partial charge in [0.2, 0.25) is 0 Å². The molecule has 0 bridgehead atoms. The van der Waals surface area contributed by atoms with Crippen molar-refractivity contribution in [3.8, 4) is 11.3 Å². The van der Waals surface area contributed by atoms with Gasteiger partial charge in [0.05, 0.1) is 11.2 Å². The standard InChI is InChI=1S/C28H29N5/c1-20-18-28(29-26-9-5-4-8-24(20)26)33-16-14-32(15-17-33)27-13-12-25(30-31-27)23-11-10-21-6-2-3-7-22(21)19-23/h4-5,8-13,18-19H,2-3,6-7,14-17H2,1H3. The zero-order chi connectivity index (χ0) is 22.2. The van der Waals surface area contributed by atoms with E-state index < -0.39 is 0 Å². The first kappa shape index (κ1) is 20.2. The van der Waals surface area contributed by atoms with Crippen LogP contribution >= 0.6 is 0 Å². The summed E-state index contributed by atoms with van der Waals surface area (Å²) in [5.74, 6) is 2.03. The lowest BCUT2D eigenvalue weighted by atomic mass is 9.90. The van der Waals surface area contributed by atoms with Crippen LogP contribution in [0.15, 0.2) is 60.7 Å². The largest absolute Gasteiger partial charge is 0.353 e. The van der Waals surface area contributed by atoms with Crippen LogP contribution in [0.1, 0.15) is 29.5 Å². The van der Waals surface area contributed by atoms with E-state index in [0.717, 1.165) is 49.0 Å². The van der Waals surface area contributed by atoms with Crippen LogP contribution in [0.25, 0.3) is 22.2 Å². The molecule has 1 fully saturated rings. The maximum absolute atomic E-state index is 4.91. The van der Waals surface area contributed by atoms with E-state index in [2.05, 4.69) is 87.6 Å². The van der Waals surface area contributed by atoms with Gasteiger partial charge in [-0.25, -0.2) is 4.98 Å². The Bertz CT molecular complexity index is 1290. The zero-order valence-electron chi connectivity index (χ0n) is 19.2. The molecule has 0 saturated carbocycles. The number of anilines is 2. The molecule has 2 aromatic carbocycles. The molecule has 2 aliphatic rings. The van der Waals surface area contributed by atoms with Gasteiger partial charge in [0.15, 0.2) is 5.82 Å². The first-order valence-electron chi connectivity index (χ1n) is 12.1. The van der Waals surface area contributed by atoms with Crippen molar-refractivity contribution in [2.75, 3.05) is 36.0 Å². The number of hydrogen-bond acceptors (Lipinski definition) is 5. The Morgan fingerprint density at radius 2 is 1.45 bits per heavy atom. The highest BCUT2D eigenvalue weighted by molar-refractivity contribution is 5.83. The van der Waals surface area contributed by atoms with Crippen molar-refractivity contribution < 1.29 is 0 Å². The van der Waals surface area contributed by atoms with Crippen LogP contribution in [0.4, 0.5) is 11.6 Å². The van der Waals surface area contributed by atoms with E-state index in [1.54, 1.807) is 0 Å². The van der Waals surface area contributed by atoms with Crippen molar-refractivity contribution in [3.05, 3.63) is 77.4 Å². The molecule has 5 heteroatoms. The van der Waals surface area contributed by atoms with Crippen molar-refractivity contribution in [3.63, 3.8) is 0 Å². The molecule has 0 N–H and O–H groups in total. The monoisotopic (exact) mass is 435 g/mol. The van der Waals surface area contributed by atoms with Crippen molar-refractivity contribution >= 4 is 22.5 Å². The molecule has 0 radical (unpaired) electrons. The summed E-state index contributed by atoms with van der Waals surface area (Å²) >= 11 is 0. The molecule has 0 amide bonds. The fourth-order valence-corrected chi connectivity index (χ4v) is 5.20. The smallest absolute Gasteiger partial charge is 0.151 e. The van der Waals surface area contributed by atoms with Crippen LogP contribution in [0.2, 0.25) is 0 Å². The third-order valence-electron chi connectivity index (χ3n) is 7.13. The second kappa shape index (κ2) is 8.47. The highest BCUT2D eigenvalue weighted by Crippen LogP contribution is 2.28. The van der Waals surface area contributed by atoms with E-state index in [-0.39, 0.29) is 0 Å². The van der Waals surface area contributed by atoms with Gasteiger partial charge in [-0.2, -0.15) is 0 Å². The molecular weight excluding hydrogens is 406 g/mol. The van der Waals surface area contributed by atoms with Gasteiger partial charge < -0.3 is 9.80 Å². The van der Waals surface area contributed by atoms with Gasteiger partial charge in [0, 0.05) is 37.1 Å². The van der Waals surface area contributed by atoms with E-state index in [9.17, 15) is 0 Å². The Morgan fingerprint density at radius 3 is 2.24 bits per heavy atom. The molecule has 2 aromatic heterocycles. The second-order valence-electron chi connectivity index (χ2n) is 9.26. The average Bonchev–Trinajstić information content (AvgIpc) is 2.89. The highest BCUT2D eigenvalue weighted by atomic mass is 15.3. The normalized spacial score (nSPS) is 16.2. The van der Waals surface area contributed by atoms with Crippen LogP contribution in [0.3, 0.4) is 0 Å². The van der Waals surface area contributed by atoms with Gasteiger partial charge >= 0.3 is 0 Å². The molecule has 3 heterocycles. The maximum Gasteiger partial charge on any atom is 0.151 e. The molecule has 6 rings (SSSR count). The van der Waals surface area contributed by atoms with Gasteiger partial charge in [-0.05, 0) is 79.6 Å². The summed E-state index contributed by atoms with van der Waals surface area (Å²) in [5.41, 5.74) is 7.47. The van der Waals surface area contributed by atoms with E-state index in [0.29, 0.717) is 0 Å². The third-order valence-corrected chi connectivity index (χ3v) is 7.13. The van der Waals surface area contributed by atoms with Gasteiger partial charge in [0.1, 0.15) is 5.82 Å². The number of nitrogens with zero attached hydrogens (tertiary/aromatic N) is 5. The van der Waals surface area contributed by atoms with Gasteiger partial charge in [-0.1, -0.05) is 30.3 Å². The summed E-state index contributed by atoms with van der Waals surface area (Å²) < 4.78 is 0. The lowest BCUT2D eigenvalue weighted by Crippen LogP contribution is -2.47. The predicted molar refractivity (Wildman–Crippen MR) is 135 cm³/mol. The molecule has 1 saturated heterocycles. The number of aryl methyl sites for hydroxylation is 3. The number of para-hydroxylation sites is 1. The summed E-state index contributed by atoms with van der Waals surface area (Å²) in [6.45, 7) is 5.86. The Kier molecular flexibility index (Phi) is 5.17. The molecule has 166 valence electrons. The van der Waals surface area contributed by atoms with Crippen molar-refractivity contribution in [1.29, 1.82) is 0 Å². The molecular formula is C28H29N5. The number of aromatic nitrogens is 3. The minimum absolute atomic E-state index is 0.917. The molecule has 5 nitrogen and oxygen atoms in total. The van der Waals surface area contributed by atoms with Crippen molar-refractivity contribution in [2.45, 2.75) is 32.6 Å². The quantitative estimate of drug-likeness (QED) is 0.442. The van der Waals surface area contributed by atoms with Crippen molar-refractivity contribution in [2.24, 2.45) is 0 Å². The lowest BCUT2D eigenvalue weighted by molar-refractivity contribution is 0.639. The molecule has 1 aliphatic heterocycles. The van der Waals surface area contributed by atoms with Gasteiger partial charge in [0.25, 0.3) is 0 Å². The first-order chi connectivity index (χ1) is 16.2. The van der Waals surface area contributed by atoms with Crippen LogP contribution < -0.4 is 9.80 Å². The SMILES string of the molecule is Cc1cc(N2CCN(c3ccc(-c4ccc5c(c4)CCCC5)nn3)CC2)nc2ccccc12. The molecule has 33 heavy (non-hydrogen) atoms. The molecule has 1 aliphatic carbocycles. The van der Waals surface area contributed by atoms with Gasteiger partial charge in [-0.15, -0.1) is 10.2 Å². The van der Waals surface area contributed by atoms with E-state index >= 15 is 0 Å². The Morgan fingerprint density at radius 1 is 0.697 bits per heavy atom. The average molecular weight is 436 g/mol. The summed E-state index contributed by atoms with van der Waals surface area (Å²) in [6.07, 6.45) is 5.00. The number of rotatable bonds is 3. The molecule has 0 unspecified atom stereocenters. The number of fused-ring (bicyclic) bond motifs is 2. The van der Waals surface area contributed by atoms with Gasteiger partial charge in [-0.3, -0.25) is 0 Å². The van der Waals surface area contributed by atoms with Crippen LogP contribution in [-0.4, -0.2) is 41.4 Å². The molecule has 4 aromatic rings. The lowest BCUT2D eigenvalue weighted by Gasteiger charge is -2.36. The fraction of sp³-hybridized carbons (Fsp3) is 0.321. The van der Waals surface area contributed by atoms with E-state index in [1.807, 2.05) is 0 Å². The van der Waals surface area contributed by atoms with E-state index in [1.165, 1.54) is 53.3 Å². The number of hydrogen-bond donors (Lipinski definition) is 0. The minimum Gasteiger partial charge on any atom is -0.353 e. The van der Waals surface area contributed by atoms with Crippen LogP contribution in [-0.2, 0) is 12.8 Å².